The highest BCUT2D eigenvalue weighted by Gasteiger charge is 2.20. The van der Waals surface area contributed by atoms with Crippen molar-refractivity contribution in [1.29, 1.82) is 0 Å². The van der Waals surface area contributed by atoms with Gasteiger partial charge in [0, 0.05) is 11.1 Å². The van der Waals surface area contributed by atoms with Crippen LogP contribution in [-0.4, -0.2) is 25.2 Å². The fraction of sp³-hybridized carbons (Fsp3) is 0.769. The van der Waals surface area contributed by atoms with Gasteiger partial charge in [0.2, 0.25) is 0 Å². The molecule has 0 aliphatic rings. The highest BCUT2D eigenvalue weighted by molar-refractivity contribution is 5.89. The maximum Gasteiger partial charge on any atom is 0.333 e. The fourth-order valence-corrected chi connectivity index (χ4v) is 3.67. The maximum absolute atomic E-state index is 12.3. The van der Waals surface area contributed by atoms with Gasteiger partial charge in [-0.15, -0.1) is 0 Å². The van der Waals surface area contributed by atoms with E-state index in [1.165, 1.54) is 38.5 Å². The summed E-state index contributed by atoms with van der Waals surface area (Å²) < 4.78 is 10.6. The van der Waals surface area contributed by atoms with Gasteiger partial charge >= 0.3 is 11.9 Å². The fourth-order valence-electron chi connectivity index (χ4n) is 3.67. The highest BCUT2D eigenvalue weighted by Crippen LogP contribution is 2.23. The molecule has 0 fully saturated rings. The first-order valence-electron chi connectivity index (χ1n) is 12.1. The van der Waals surface area contributed by atoms with E-state index < -0.39 is 0 Å². The summed E-state index contributed by atoms with van der Waals surface area (Å²) in [6.45, 7) is 16.5. The van der Waals surface area contributed by atoms with Crippen molar-refractivity contribution < 1.29 is 19.1 Å². The molecule has 0 aliphatic carbocycles. The van der Waals surface area contributed by atoms with Crippen molar-refractivity contribution in [1.82, 2.24) is 0 Å². The first-order chi connectivity index (χ1) is 14.4. The van der Waals surface area contributed by atoms with Crippen LogP contribution in [0.25, 0.3) is 0 Å². The summed E-state index contributed by atoms with van der Waals surface area (Å²) >= 11 is 0. The van der Waals surface area contributed by atoms with Crippen molar-refractivity contribution in [3.8, 4) is 0 Å². The van der Waals surface area contributed by atoms with Crippen molar-refractivity contribution >= 4 is 11.9 Å². The first-order valence-corrected chi connectivity index (χ1v) is 12.1. The second-order valence-electron chi connectivity index (χ2n) is 8.23. The average molecular weight is 423 g/mol. The lowest BCUT2D eigenvalue weighted by Crippen LogP contribution is -2.20. The molecule has 2 atom stereocenters. The molecular formula is C26H46O4. The van der Waals surface area contributed by atoms with Gasteiger partial charge in [-0.05, 0) is 37.5 Å². The van der Waals surface area contributed by atoms with E-state index in [4.69, 9.17) is 9.47 Å². The second-order valence-corrected chi connectivity index (χ2v) is 8.23. The van der Waals surface area contributed by atoms with Crippen molar-refractivity contribution in [3.05, 3.63) is 24.3 Å². The topological polar surface area (TPSA) is 52.6 Å². The van der Waals surface area contributed by atoms with Gasteiger partial charge in [-0.3, -0.25) is 0 Å². The Morgan fingerprint density at radius 1 is 0.633 bits per heavy atom. The van der Waals surface area contributed by atoms with Crippen LogP contribution in [0.3, 0.4) is 0 Å². The van der Waals surface area contributed by atoms with Crippen LogP contribution >= 0.6 is 0 Å². The summed E-state index contributed by atoms with van der Waals surface area (Å²) in [6, 6.07) is 0. The molecule has 0 bridgehead atoms. The third-order valence-electron chi connectivity index (χ3n) is 5.86. The van der Waals surface area contributed by atoms with Gasteiger partial charge in [-0.2, -0.15) is 0 Å². The summed E-state index contributed by atoms with van der Waals surface area (Å²) in [5, 5.41) is 0. The second kappa shape index (κ2) is 18.2. The zero-order valence-corrected chi connectivity index (χ0v) is 20.1. The zero-order chi connectivity index (χ0) is 22.8. The van der Waals surface area contributed by atoms with Crippen molar-refractivity contribution in [2.45, 2.75) is 105 Å². The maximum atomic E-state index is 12.3. The minimum absolute atomic E-state index is 0.0520. The van der Waals surface area contributed by atoms with Crippen molar-refractivity contribution in [2.75, 3.05) is 13.2 Å². The van der Waals surface area contributed by atoms with Crippen LogP contribution < -0.4 is 0 Å². The Hall–Kier alpha value is -1.58. The molecule has 0 aliphatic heterocycles. The Bertz CT molecular complexity index is 463. The number of rotatable bonds is 19. The quantitative estimate of drug-likeness (QED) is 0.126. The molecule has 0 radical (unpaired) electrons. The molecule has 4 nitrogen and oxygen atoms in total. The van der Waals surface area contributed by atoms with E-state index in [1.807, 2.05) is 0 Å². The van der Waals surface area contributed by atoms with Crippen LogP contribution in [-0.2, 0) is 19.1 Å². The number of carbonyl (C=O) groups is 2. The molecule has 0 rings (SSSR count). The lowest BCUT2D eigenvalue weighted by atomic mass is 9.91. The number of ether oxygens (including phenoxy) is 2. The van der Waals surface area contributed by atoms with Crippen LogP contribution in [0.1, 0.15) is 105 Å². The van der Waals surface area contributed by atoms with E-state index in [2.05, 4.69) is 40.9 Å². The van der Waals surface area contributed by atoms with Crippen LogP contribution in [0.2, 0.25) is 0 Å². The van der Waals surface area contributed by atoms with Gasteiger partial charge in [0.05, 0.1) is 0 Å². The third-order valence-corrected chi connectivity index (χ3v) is 5.86. The first kappa shape index (κ1) is 28.4. The summed E-state index contributed by atoms with van der Waals surface area (Å²) in [7, 11) is 0. The Labute approximate surface area is 185 Å². The molecule has 0 heterocycles. The van der Waals surface area contributed by atoms with E-state index in [-0.39, 0.29) is 37.0 Å². The van der Waals surface area contributed by atoms with E-state index in [0.717, 1.165) is 38.5 Å². The number of esters is 2. The Balaban J connectivity index is 4.22. The standard InChI is InChI=1S/C26H46O4/c1-7-11-13-15-17-23(9-3)21(5)25(27)29-19-20-30-26(28)22(6)24(10-4)18-16-14-12-8-2/h23-24H,5-20H2,1-4H3. The monoisotopic (exact) mass is 422 g/mol. The van der Waals surface area contributed by atoms with Gasteiger partial charge in [-0.1, -0.05) is 92.2 Å². The molecule has 0 aromatic heterocycles. The van der Waals surface area contributed by atoms with E-state index in [0.29, 0.717) is 11.1 Å². The number of carbonyl (C=O) groups excluding carboxylic acids is 2. The third kappa shape index (κ3) is 12.2. The molecule has 30 heavy (non-hydrogen) atoms. The van der Waals surface area contributed by atoms with Gasteiger partial charge in [0.15, 0.2) is 0 Å². The van der Waals surface area contributed by atoms with Gasteiger partial charge in [0.25, 0.3) is 0 Å². The zero-order valence-electron chi connectivity index (χ0n) is 20.1. The van der Waals surface area contributed by atoms with Gasteiger partial charge in [-0.25, -0.2) is 9.59 Å². The molecular weight excluding hydrogens is 376 g/mol. The van der Waals surface area contributed by atoms with E-state index in [1.54, 1.807) is 0 Å². The minimum atomic E-state index is -0.380. The summed E-state index contributed by atoms with van der Waals surface area (Å²) in [5.41, 5.74) is 1.06. The smallest absolute Gasteiger partial charge is 0.333 e. The van der Waals surface area contributed by atoms with Gasteiger partial charge in [0.1, 0.15) is 13.2 Å². The normalized spacial score (nSPS) is 12.8. The molecule has 174 valence electrons. The minimum Gasteiger partial charge on any atom is -0.459 e. The molecule has 0 spiro atoms. The Kier molecular flexibility index (Phi) is 17.3. The molecule has 0 N–H and O–H groups in total. The molecule has 4 heteroatoms. The summed E-state index contributed by atoms with van der Waals surface area (Å²) in [4.78, 5) is 24.5. The molecule has 2 unspecified atom stereocenters. The van der Waals surface area contributed by atoms with E-state index in [9.17, 15) is 9.59 Å². The van der Waals surface area contributed by atoms with Crippen molar-refractivity contribution in [2.24, 2.45) is 11.8 Å². The SMILES string of the molecule is C=C(C(=O)OCCOC(=O)C(=C)C(CC)CCCCCC)C(CC)CCCCCC. The highest BCUT2D eigenvalue weighted by atomic mass is 16.6. The molecule has 0 aromatic carbocycles. The van der Waals surface area contributed by atoms with Crippen LogP contribution in [0, 0.1) is 11.8 Å². The molecule has 0 saturated carbocycles. The lowest BCUT2D eigenvalue weighted by Gasteiger charge is -2.18. The van der Waals surface area contributed by atoms with Crippen molar-refractivity contribution in [3.63, 3.8) is 0 Å². The largest absolute Gasteiger partial charge is 0.459 e. The van der Waals surface area contributed by atoms with Crippen LogP contribution in [0.15, 0.2) is 24.3 Å². The number of hydrogen-bond donors (Lipinski definition) is 0. The predicted molar refractivity (Wildman–Crippen MR) is 125 cm³/mol. The van der Waals surface area contributed by atoms with Crippen LogP contribution in [0.4, 0.5) is 0 Å². The number of hydrogen-bond acceptors (Lipinski definition) is 4. The Morgan fingerprint density at radius 3 is 1.30 bits per heavy atom. The molecule has 0 aromatic rings. The van der Waals surface area contributed by atoms with Crippen LogP contribution in [0.5, 0.6) is 0 Å². The molecule has 0 saturated heterocycles. The number of unbranched alkanes of at least 4 members (excludes halogenated alkanes) is 6. The lowest BCUT2D eigenvalue weighted by molar-refractivity contribution is -0.148. The summed E-state index contributed by atoms with van der Waals surface area (Å²) in [5.74, 6) is -0.437. The van der Waals surface area contributed by atoms with Gasteiger partial charge < -0.3 is 9.47 Å². The van der Waals surface area contributed by atoms with E-state index >= 15 is 0 Å². The summed E-state index contributed by atoms with van der Waals surface area (Å²) in [6.07, 6.45) is 13.1. The average Bonchev–Trinajstić information content (AvgIpc) is 2.75. The molecule has 0 amide bonds. The predicted octanol–water partition coefficient (Wildman–Crippen LogP) is 7.18. The Morgan fingerprint density at radius 2 is 1.00 bits per heavy atom.